The lowest BCUT2D eigenvalue weighted by Crippen LogP contribution is -2.19. The molecule has 0 aliphatic carbocycles. The Morgan fingerprint density at radius 1 is 1.31 bits per heavy atom. The van der Waals surface area contributed by atoms with E-state index in [0.29, 0.717) is 13.2 Å². The molecule has 1 amide bonds. The zero-order valence-electron chi connectivity index (χ0n) is 10.4. The third kappa shape index (κ3) is 3.26. The standard InChI is InChI=1S/C13H19NO2/c1-5-16-13-7-9(2)12(6-10(13)3)8-14-11(4)15/h6-7H,5,8H2,1-4H3,(H,14,15). The van der Waals surface area contributed by atoms with Gasteiger partial charge < -0.3 is 10.1 Å². The summed E-state index contributed by atoms with van der Waals surface area (Å²) in [5.41, 5.74) is 3.38. The number of nitrogens with one attached hydrogen (secondary N) is 1. The van der Waals surface area contributed by atoms with Gasteiger partial charge in [0.15, 0.2) is 0 Å². The minimum atomic E-state index is -0.00839. The van der Waals surface area contributed by atoms with E-state index in [1.54, 1.807) is 0 Å². The summed E-state index contributed by atoms with van der Waals surface area (Å²) in [5.74, 6) is 0.914. The Balaban J connectivity index is 2.87. The highest BCUT2D eigenvalue weighted by molar-refractivity contribution is 5.72. The molecule has 0 radical (unpaired) electrons. The molecule has 0 spiro atoms. The quantitative estimate of drug-likeness (QED) is 0.847. The van der Waals surface area contributed by atoms with E-state index in [-0.39, 0.29) is 5.91 Å². The maximum atomic E-state index is 10.8. The van der Waals surface area contributed by atoms with E-state index in [1.165, 1.54) is 6.92 Å². The van der Waals surface area contributed by atoms with E-state index < -0.39 is 0 Å². The Bertz CT molecular complexity index is 386. The summed E-state index contributed by atoms with van der Waals surface area (Å²) < 4.78 is 5.51. The number of amides is 1. The molecule has 0 aliphatic rings. The molecule has 3 nitrogen and oxygen atoms in total. The fourth-order valence-corrected chi connectivity index (χ4v) is 1.57. The van der Waals surface area contributed by atoms with E-state index in [2.05, 4.69) is 11.4 Å². The highest BCUT2D eigenvalue weighted by Gasteiger charge is 2.05. The van der Waals surface area contributed by atoms with Crippen molar-refractivity contribution in [2.45, 2.75) is 34.2 Å². The van der Waals surface area contributed by atoms with Crippen molar-refractivity contribution in [3.05, 3.63) is 28.8 Å². The molecule has 0 saturated carbocycles. The largest absolute Gasteiger partial charge is 0.494 e. The van der Waals surface area contributed by atoms with Gasteiger partial charge in [-0.1, -0.05) is 6.07 Å². The first kappa shape index (κ1) is 12.6. The minimum Gasteiger partial charge on any atom is -0.494 e. The van der Waals surface area contributed by atoms with Crippen LogP contribution in [-0.4, -0.2) is 12.5 Å². The highest BCUT2D eigenvalue weighted by atomic mass is 16.5. The lowest BCUT2D eigenvalue weighted by Gasteiger charge is -2.12. The van der Waals surface area contributed by atoms with Crippen LogP contribution in [0.2, 0.25) is 0 Å². The molecule has 1 rings (SSSR count). The molecule has 0 bridgehead atoms. The van der Waals surface area contributed by atoms with Gasteiger partial charge in [-0.05, 0) is 43.5 Å². The second kappa shape index (κ2) is 5.54. The van der Waals surface area contributed by atoms with Crippen molar-refractivity contribution in [2.24, 2.45) is 0 Å². The zero-order valence-corrected chi connectivity index (χ0v) is 10.4. The fourth-order valence-electron chi connectivity index (χ4n) is 1.57. The first-order valence-electron chi connectivity index (χ1n) is 5.52. The Kier molecular flexibility index (Phi) is 4.35. The van der Waals surface area contributed by atoms with Crippen LogP contribution in [0.3, 0.4) is 0 Å². The van der Waals surface area contributed by atoms with Crippen LogP contribution in [0.5, 0.6) is 5.75 Å². The molecule has 0 aromatic heterocycles. The van der Waals surface area contributed by atoms with E-state index in [4.69, 9.17) is 4.74 Å². The zero-order chi connectivity index (χ0) is 12.1. The van der Waals surface area contributed by atoms with Crippen LogP contribution in [0, 0.1) is 13.8 Å². The number of hydrogen-bond donors (Lipinski definition) is 1. The Labute approximate surface area is 96.8 Å². The van der Waals surface area contributed by atoms with Gasteiger partial charge in [0.1, 0.15) is 5.75 Å². The van der Waals surface area contributed by atoms with Crippen molar-refractivity contribution in [3.8, 4) is 5.75 Å². The number of aryl methyl sites for hydroxylation is 2. The molecule has 88 valence electrons. The lowest BCUT2D eigenvalue weighted by molar-refractivity contribution is -0.119. The number of carbonyl (C=O) groups is 1. The molecule has 0 saturated heterocycles. The van der Waals surface area contributed by atoms with Crippen LogP contribution >= 0.6 is 0 Å². The molecular weight excluding hydrogens is 202 g/mol. The smallest absolute Gasteiger partial charge is 0.217 e. The maximum absolute atomic E-state index is 10.8. The predicted octanol–water partition coefficient (Wildman–Crippen LogP) is 2.34. The first-order chi connectivity index (χ1) is 7.54. The third-order valence-electron chi connectivity index (χ3n) is 2.46. The summed E-state index contributed by atoms with van der Waals surface area (Å²) in [6.45, 7) is 8.79. The van der Waals surface area contributed by atoms with E-state index >= 15 is 0 Å². The van der Waals surface area contributed by atoms with Gasteiger partial charge in [0.25, 0.3) is 0 Å². The summed E-state index contributed by atoms with van der Waals surface area (Å²) in [7, 11) is 0. The first-order valence-corrected chi connectivity index (χ1v) is 5.52. The Hall–Kier alpha value is -1.51. The second-order valence-electron chi connectivity index (χ2n) is 3.89. The molecule has 1 aromatic carbocycles. The van der Waals surface area contributed by atoms with Gasteiger partial charge in [0.2, 0.25) is 5.91 Å². The van der Waals surface area contributed by atoms with Gasteiger partial charge in [0.05, 0.1) is 6.61 Å². The SMILES string of the molecule is CCOc1cc(C)c(CNC(C)=O)cc1C. The van der Waals surface area contributed by atoms with E-state index in [1.807, 2.05) is 26.8 Å². The molecule has 16 heavy (non-hydrogen) atoms. The fraction of sp³-hybridized carbons (Fsp3) is 0.462. The van der Waals surface area contributed by atoms with Crippen molar-refractivity contribution in [3.63, 3.8) is 0 Å². The monoisotopic (exact) mass is 221 g/mol. The minimum absolute atomic E-state index is 0.00839. The Morgan fingerprint density at radius 2 is 2.00 bits per heavy atom. The molecular formula is C13H19NO2. The molecule has 1 N–H and O–H groups in total. The van der Waals surface area contributed by atoms with Gasteiger partial charge in [-0.3, -0.25) is 4.79 Å². The molecule has 0 heterocycles. The summed E-state index contributed by atoms with van der Waals surface area (Å²) >= 11 is 0. The van der Waals surface area contributed by atoms with Gasteiger partial charge >= 0.3 is 0 Å². The molecule has 3 heteroatoms. The van der Waals surface area contributed by atoms with Gasteiger partial charge in [-0.15, -0.1) is 0 Å². The van der Waals surface area contributed by atoms with Crippen molar-refractivity contribution >= 4 is 5.91 Å². The average molecular weight is 221 g/mol. The molecule has 0 unspecified atom stereocenters. The van der Waals surface area contributed by atoms with Gasteiger partial charge in [-0.25, -0.2) is 0 Å². The molecule has 0 atom stereocenters. The van der Waals surface area contributed by atoms with Crippen molar-refractivity contribution in [2.75, 3.05) is 6.61 Å². The number of hydrogen-bond acceptors (Lipinski definition) is 2. The topological polar surface area (TPSA) is 38.3 Å². The number of ether oxygens (including phenoxy) is 1. The van der Waals surface area contributed by atoms with E-state index in [0.717, 1.165) is 22.4 Å². The summed E-state index contributed by atoms with van der Waals surface area (Å²) in [6, 6.07) is 4.09. The summed E-state index contributed by atoms with van der Waals surface area (Å²) in [6.07, 6.45) is 0. The predicted molar refractivity (Wildman–Crippen MR) is 64.6 cm³/mol. The van der Waals surface area contributed by atoms with Crippen molar-refractivity contribution in [1.82, 2.24) is 5.32 Å². The van der Waals surface area contributed by atoms with Crippen molar-refractivity contribution < 1.29 is 9.53 Å². The average Bonchev–Trinajstić information content (AvgIpc) is 2.21. The number of carbonyl (C=O) groups excluding carboxylic acids is 1. The van der Waals surface area contributed by atoms with Crippen LogP contribution in [-0.2, 0) is 11.3 Å². The number of benzene rings is 1. The Morgan fingerprint density at radius 3 is 2.56 bits per heavy atom. The van der Waals surface area contributed by atoms with Crippen molar-refractivity contribution in [1.29, 1.82) is 0 Å². The van der Waals surface area contributed by atoms with Crippen LogP contribution in [0.1, 0.15) is 30.5 Å². The van der Waals surface area contributed by atoms with E-state index in [9.17, 15) is 4.79 Å². The normalized spacial score (nSPS) is 10.0. The summed E-state index contributed by atoms with van der Waals surface area (Å²) in [4.78, 5) is 10.8. The maximum Gasteiger partial charge on any atom is 0.217 e. The highest BCUT2D eigenvalue weighted by Crippen LogP contribution is 2.22. The van der Waals surface area contributed by atoms with Crippen LogP contribution in [0.15, 0.2) is 12.1 Å². The molecule has 1 aromatic rings. The van der Waals surface area contributed by atoms with Gasteiger partial charge in [0, 0.05) is 13.5 Å². The molecule has 0 fully saturated rings. The molecule has 0 aliphatic heterocycles. The third-order valence-corrected chi connectivity index (χ3v) is 2.46. The van der Waals surface area contributed by atoms with Crippen LogP contribution < -0.4 is 10.1 Å². The van der Waals surface area contributed by atoms with Gasteiger partial charge in [-0.2, -0.15) is 0 Å². The lowest BCUT2D eigenvalue weighted by atomic mass is 10.0. The summed E-state index contributed by atoms with van der Waals surface area (Å²) in [5, 5.41) is 2.80. The number of rotatable bonds is 4. The second-order valence-corrected chi connectivity index (χ2v) is 3.89. The van der Waals surface area contributed by atoms with Crippen LogP contribution in [0.25, 0.3) is 0 Å². The van der Waals surface area contributed by atoms with Crippen LogP contribution in [0.4, 0.5) is 0 Å².